The lowest BCUT2D eigenvalue weighted by Gasteiger charge is -2.12. The third kappa shape index (κ3) is 3.62. The van der Waals surface area contributed by atoms with Crippen molar-refractivity contribution in [2.24, 2.45) is 0 Å². The number of Topliss-reactive ketones (excluding diaryl/α,β-unsaturated/α-hetero) is 1. The van der Waals surface area contributed by atoms with E-state index < -0.39 is 17.5 Å². The van der Waals surface area contributed by atoms with E-state index in [-0.39, 0.29) is 17.9 Å². The molecule has 0 aliphatic rings. The summed E-state index contributed by atoms with van der Waals surface area (Å²) < 4.78 is 38.4. The van der Waals surface area contributed by atoms with Crippen LogP contribution >= 0.6 is 34.2 Å². The van der Waals surface area contributed by atoms with Gasteiger partial charge in [-0.3, -0.25) is 4.79 Å². The molecule has 1 nitrogen and oxygen atoms in total. The second-order valence-corrected chi connectivity index (χ2v) is 4.66. The van der Waals surface area contributed by atoms with E-state index in [4.69, 9.17) is 11.6 Å². The highest BCUT2D eigenvalue weighted by Gasteiger charge is 2.33. The maximum atomic E-state index is 12.6. The van der Waals surface area contributed by atoms with E-state index in [9.17, 15) is 18.0 Å². The Kier molecular flexibility index (Phi) is 4.61. The standard InChI is InChI=1S/C10H7ClF3IO/c11-5-8(16)3-6-1-2-7(15)4-9(6)10(12,13)14/h1-2,4H,3,5H2. The number of carbonyl (C=O) groups excluding carboxylic acids is 1. The number of carbonyl (C=O) groups is 1. The Balaban J connectivity index is 3.13. The summed E-state index contributed by atoms with van der Waals surface area (Å²) in [6.07, 6.45) is -4.72. The van der Waals surface area contributed by atoms with Crippen LogP contribution in [-0.2, 0) is 17.4 Å². The molecule has 0 N–H and O–H groups in total. The zero-order valence-corrected chi connectivity index (χ0v) is 10.9. The monoisotopic (exact) mass is 362 g/mol. The molecule has 0 radical (unpaired) electrons. The van der Waals surface area contributed by atoms with Gasteiger partial charge in [-0.25, -0.2) is 0 Å². The van der Waals surface area contributed by atoms with Crippen molar-refractivity contribution in [1.82, 2.24) is 0 Å². The van der Waals surface area contributed by atoms with E-state index in [1.165, 1.54) is 12.1 Å². The average Bonchev–Trinajstić information content (AvgIpc) is 2.19. The van der Waals surface area contributed by atoms with Crippen molar-refractivity contribution in [1.29, 1.82) is 0 Å². The highest BCUT2D eigenvalue weighted by Crippen LogP contribution is 2.33. The Labute approximate surface area is 109 Å². The zero-order chi connectivity index (χ0) is 12.3. The first-order chi connectivity index (χ1) is 7.34. The lowest BCUT2D eigenvalue weighted by molar-refractivity contribution is -0.138. The number of hydrogen-bond acceptors (Lipinski definition) is 1. The molecule has 1 aromatic carbocycles. The fraction of sp³-hybridized carbons (Fsp3) is 0.300. The number of halogens is 5. The van der Waals surface area contributed by atoms with Crippen LogP contribution in [0.1, 0.15) is 11.1 Å². The van der Waals surface area contributed by atoms with Crippen LogP contribution in [0.25, 0.3) is 0 Å². The summed E-state index contributed by atoms with van der Waals surface area (Å²) in [6, 6.07) is 3.87. The van der Waals surface area contributed by atoms with Crippen molar-refractivity contribution in [3.8, 4) is 0 Å². The van der Waals surface area contributed by atoms with Crippen molar-refractivity contribution in [3.63, 3.8) is 0 Å². The fourth-order valence-corrected chi connectivity index (χ4v) is 1.81. The van der Waals surface area contributed by atoms with Gasteiger partial charge in [0, 0.05) is 9.99 Å². The van der Waals surface area contributed by atoms with Gasteiger partial charge in [0.2, 0.25) is 0 Å². The number of rotatable bonds is 3. The summed E-state index contributed by atoms with van der Waals surface area (Å²) >= 11 is 7.06. The van der Waals surface area contributed by atoms with E-state index in [1.54, 1.807) is 22.6 Å². The summed E-state index contributed by atoms with van der Waals surface area (Å²) in [5, 5.41) is 0. The third-order valence-electron chi connectivity index (χ3n) is 1.91. The van der Waals surface area contributed by atoms with Gasteiger partial charge in [-0.05, 0) is 40.3 Å². The number of benzene rings is 1. The topological polar surface area (TPSA) is 17.1 Å². The molecule has 0 amide bonds. The predicted molar refractivity (Wildman–Crippen MR) is 63.6 cm³/mol. The Bertz CT molecular complexity index is 404. The molecule has 0 heterocycles. The van der Waals surface area contributed by atoms with Crippen molar-refractivity contribution < 1.29 is 18.0 Å². The summed E-state index contributed by atoms with van der Waals surface area (Å²) in [6.45, 7) is 0. The molecule has 0 bridgehead atoms. The molecule has 0 saturated heterocycles. The largest absolute Gasteiger partial charge is 0.416 e. The van der Waals surface area contributed by atoms with Crippen molar-refractivity contribution in [2.75, 3.05) is 5.88 Å². The van der Waals surface area contributed by atoms with E-state index in [2.05, 4.69) is 0 Å². The Morgan fingerprint density at radius 1 is 1.38 bits per heavy atom. The summed E-state index contributed by atoms with van der Waals surface area (Å²) in [7, 11) is 0. The summed E-state index contributed by atoms with van der Waals surface area (Å²) in [5.74, 6) is -0.697. The molecule has 88 valence electrons. The maximum Gasteiger partial charge on any atom is 0.416 e. The van der Waals surface area contributed by atoms with Gasteiger partial charge in [-0.1, -0.05) is 6.07 Å². The lowest BCUT2D eigenvalue weighted by Crippen LogP contribution is -2.13. The van der Waals surface area contributed by atoms with Crippen molar-refractivity contribution >= 4 is 40.0 Å². The molecular weight excluding hydrogens is 355 g/mol. The molecule has 1 aromatic rings. The van der Waals surface area contributed by atoms with Gasteiger partial charge < -0.3 is 0 Å². The van der Waals surface area contributed by atoms with Crippen LogP contribution in [-0.4, -0.2) is 11.7 Å². The lowest BCUT2D eigenvalue weighted by atomic mass is 10.0. The minimum atomic E-state index is -4.44. The predicted octanol–water partition coefficient (Wildman–Crippen LogP) is 3.66. The van der Waals surface area contributed by atoms with Gasteiger partial charge in [0.05, 0.1) is 11.4 Å². The van der Waals surface area contributed by atoms with E-state index in [1.807, 2.05) is 0 Å². The molecule has 0 aliphatic carbocycles. The molecule has 0 spiro atoms. The van der Waals surface area contributed by atoms with Gasteiger partial charge in [0.25, 0.3) is 0 Å². The molecule has 0 saturated carbocycles. The Morgan fingerprint density at radius 3 is 2.50 bits per heavy atom. The maximum absolute atomic E-state index is 12.6. The van der Waals surface area contributed by atoms with Crippen LogP contribution < -0.4 is 0 Å². The van der Waals surface area contributed by atoms with Gasteiger partial charge in [-0.2, -0.15) is 13.2 Å². The van der Waals surface area contributed by atoms with Crippen LogP contribution in [0.15, 0.2) is 18.2 Å². The quantitative estimate of drug-likeness (QED) is 0.592. The normalized spacial score (nSPS) is 11.6. The minimum absolute atomic E-state index is 0.0291. The molecule has 6 heteroatoms. The number of ketones is 1. The molecule has 0 fully saturated rings. The summed E-state index contributed by atoms with van der Waals surface area (Å²) in [4.78, 5) is 11.0. The van der Waals surface area contributed by atoms with Crippen LogP contribution in [0, 0.1) is 3.57 Å². The third-order valence-corrected chi connectivity index (χ3v) is 2.88. The molecule has 0 aliphatic heterocycles. The second-order valence-electron chi connectivity index (χ2n) is 3.15. The smallest absolute Gasteiger partial charge is 0.298 e. The Hall–Kier alpha value is -0.300. The first-order valence-corrected chi connectivity index (χ1v) is 5.89. The summed E-state index contributed by atoms with van der Waals surface area (Å²) in [5.41, 5.74) is -0.795. The van der Waals surface area contributed by atoms with Crippen LogP contribution in [0.3, 0.4) is 0 Å². The minimum Gasteiger partial charge on any atom is -0.298 e. The van der Waals surface area contributed by atoms with Crippen molar-refractivity contribution in [3.05, 3.63) is 32.9 Å². The number of alkyl halides is 4. The molecular formula is C10H7ClF3IO. The van der Waals surface area contributed by atoms with Gasteiger partial charge in [0.1, 0.15) is 0 Å². The van der Waals surface area contributed by atoms with Gasteiger partial charge in [-0.15, -0.1) is 11.6 Å². The molecule has 16 heavy (non-hydrogen) atoms. The van der Waals surface area contributed by atoms with Crippen LogP contribution in [0.2, 0.25) is 0 Å². The van der Waals surface area contributed by atoms with E-state index in [0.29, 0.717) is 3.57 Å². The molecule has 0 unspecified atom stereocenters. The molecule has 0 atom stereocenters. The SMILES string of the molecule is O=C(CCl)Cc1ccc(I)cc1C(F)(F)F. The number of hydrogen-bond donors (Lipinski definition) is 0. The van der Waals surface area contributed by atoms with Crippen LogP contribution in [0.5, 0.6) is 0 Å². The van der Waals surface area contributed by atoms with E-state index >= 15 is 0 Å². The Morgan fingerprint density at radius 2 is 2.00 bits per heavy atom. The van der Waals surface area contributed by atoms with Crippen LogP contribution in [0.4, 0.5) is 13.2 Å². The first kappa shape index (κ1) is 13.8. The highest BCUT2D eigenvalue weighted by atomic mass is 127. The average molecular weight is 363 g/mol. The molecule has 0 aromatic heterocycles. The molecule has 1 rings (SSSR count). The van der Waals surface area contributed by atoms with Crippen molar-refractivity contribution in [2.45, 2.75) is 12.6 Å². The van der Waals surface area contributed by atoms with Gasteiger partial charge >= 0.3 is 6.18 Å². The second kappa shape index (κ2) is 5.35. The first-order valence-electron chi connectivity index (χ1n) is 4.28. The highest BCUT2D eigenvalue weighted by molar-refractivity contribution is 14.1. The fourth-order valence-electron chi connectivity index (χ4n) is 1.23. The zero-order valence-electron chi connectivity index (χ0n) is 7.94. The van der Waals surface area contributed by atoms with Gasteiger partial charge in [0.15, 0.2) is 5.78 Å². The van der Waals surface area contributed by atoms with E-state index in [0.717, 1.165) is 6.07 Å².